The molecule has 94 valence electrons. The second kappa shape index (κ2) is 4.89. The van der Waals surface area contributed by atoms with Gasteiger partial charge in [0.25, 0.3) is 0 Å². The highest BCUT2D eigenvalue weighted by Gasteiger charge is 2.28. The number of carbonyl (C=O) groups excluding carboxylic acids is 1. The Hall–Kier alpha value is -1.99. The molecule has 0 fully saturated rings. The third-order valence-electron chi connectivity index (χ3n) is 1.59. The second-order valence-electron chi connectivity index (χ2n) is 3.19. The minimum absolute atomic E-state index is 0.0343. The molecular weight excluding hydrogens is 239 g/mol. The van der Waals surface area contributed by atoms with Crippen molar-refractivity contribution in [1.29, 1.82) is 0 Å². The molecule has 1 heterocycles. The zero-order chi connectivity index (χ0) is 13.1. The number of aromatic nitrogens is 1. The number of rotatable bonds is 3. The van der Waals surface area contributed by atoms with Crippen LogP contribution in [0.4, 0.5) is 24.7 Å². The number of nitrogens with two attached hydrogens (primary N) is 1. The van der Waals surface area contributed by atoms with Gasteiger partial charge < -0.3 is 15.8 Å². The Morgan fingerprint density at radius 2 is 2.24 bits per heavy atom. The number of anilines is 2. The molecule has 1 aromatic heterocycles. The van der Waals surface area contributed by atoms with Crippen molar-refractivity contribution in [3.8, 4) is 5.75 Å². The maximum atomic E-state index is 11.9. The molecule has 5 nitrogen and oxygen atoms in total. The van der Waals surface area contributed by atoms with Crippen molar-refractivity contribution in [3.63, 3.8) is 0 Å². The van der Waals surface area contributed by atoms with Gasteiger partial charge >= 0.3 is 6.18 Å². The Balaban J connectivity index is 2.73. The summed E-state index contributed by atoms with van der Waals surface area (Å²) in [6.45, 7) is -0.176. The van der Waals surface area contributed by atoms with Crippen LogP contribution in [0.2, 0.25) is 0 Å². The standard InChI is InChI=1S/C9H10F3N3O2/c1-5(16)15-8-2-6(13)7(3-14-8)17-4-9(10,11)12/h2-3H,4H2,1H3,(H3,13,14,15,16). The number of carbonyl (C=O) groups is 1. The van der Waals surface area contributed by atoms with E-state index >= 15 is 0 Å². The average Bonchev–Trinajstić information content (AvgIpc) is 2.13. The van der Waals surface area contributed by atoms with Crippen molar-refractivity contribution in [2.45, 2.75) is 13.1 Å². The molecule has 8 heteroatoms. The topological polar surface area (TPSA) is 77.2 Å². The average molecular weight is 249 g/mol. The minimum Gasteiger partial charge on any atom is -0.480 e. The first-order valence-electron chi connectivity index (χ1n) is 4.50. The zero-order valence-electron chi connectivity index (χ0n) is 8.84. The summed E-state index contributed by atoms with van der Waals surface area (Å²) >= 11 is 0. The normalized spacial score (nSPS) is 11.1. The van der Waals surface area contributed by atoms with Crippen molar-refractivity contribution in [3.05, 3.63) is 12.3 Å². The van der Waals surface area contributed by atoms with E-state index in [0.29, 0.717) is 0 Å². The first kappa shape index (κ1) is 13.1. The Bertz CT molecular complexity index is 420. The van der Waals surface area contributed by atoms with Crippen LogP contribution in [-0.4, -0.2) is 23.7 Å². The van der Waals surface area contributed by atoms with Gasteiger partial charge in [0.1, 0.15) is 5.82 Å². The molecule has 0 saturated heterocycles. The molecule has 17 heavy (non-hydrogen) atoms. The van der Waals surface area contributed by atoms with Gasteiger partial charge in [0.2, 0.25) is 5.91 Å². The molecule has 0 aliphatic carbocycles. The quantitative estimate of drug-likeness (QED) is 0.852. The van der Waals surface area contributed by atoms with E-state index in [1.807, 2.05) is 0 Å². The maximum Gasteiger partial charge on any atom is 0.422 e. The van der Waals surface area contributed by atoms with E-state index < -0.39 is 12.8 Å². The van der Waals surface area contributed by atoms with E-state index in [1.165, 1.54) is 13.0 Å². The molecule has 0 bridgehead atoms. The number of alkyl halides is 3. The molecule has 0 aliphatic heterocycles. The molecule has 1 rings (SSSR count). The van der Waals surface area contributed by atoms with Gasteiger partial charge in [-0.2, -0.15) is 13.2 Å². The molecule has 1 amide bonds. The van der Waals surface area contributed by atoms with E-state index in [1.54, 1.807) is 0 Å². The Kier molecular flexibility index (Phi) is 3.77. The minimum atomic E-state index is -4.44. The molecule has 0 spiro atoms. The van der Waals surface area contributed by atoms with Crippen molar-refractivity contribution >= 4 is 17.4 Å². The van der Waals surface area contributed by atoms with Crippen LogP contribution in [0.5, 0.6) is 5.75 Å². The predicted molar refractivity (Wildman–Crippen MR) is 54.5 cm³/mol. The van der Waals surface area contributed by atoms with Gasteiger partial charge in [0.05, 0.1) is 11.9 Å². The highest BCUT2D eigenvalue weighted by molar-refractivity contribution is 5.88. The fraction of sp³-hybridized carbons (Fsp3) is 0.333. The summed E-state index contributed by atoms with van der Waals surface area (Å²) < 4.78 is 40.1. The first-order chi connectivity index (χ1) is 7.78. The summed E-state index contributed by atoms with van der Waals surface area (Å²) in [4.78, 5) is 14.4. The number of halogens is 3. The summed E-state index contributed by atoms with van der Waals surface area (Å²) in [5, 5.41) is 2.34. The van der Waals surface area contributed by atoms with Crippen molar-refractivity contribution in [2.24, 2.45) is 0 Å². The van der Waals surface area contributed by atoms with Gasteiger partial charge in [-0.25, -0.2) is 4.98 Å². The van der Waals surface area contributed by atoms with E-state index in [9.17, 15) is 18.0 Å². The Morgan fingerprint density at radius 1 is 1.59 bits per heavy atom. The van der Waals surface area contributed by atoms with E-state index in [0.717, 1.165) is 6.20 Å². The molecule has 0 unspecified atom stereocenters. The third kappa shape index (κ3) is 4.58. The third-order valence-corrected chi connectivity index (χ3v) is 1.59. The number of nitrogen functional groups attached to an aromatic ring is 1. The van der Waals surface area contributed by atoms with Crippen molar-refractivity contribution in [1.82, 2.24) is 4.98 Å². The lowest BCUT2D eigenvalue weighted by molar-refractivity contribution is -0.153. The van der Waals surface area contributed by atoms with Crippen LogP contribution in [0.1, 0.15) is 6.92 Å². The van der Waals surface area contributed by atoms with Crippen molar-refractivity contribution < 1.29 is 22.7 Å². The van der Waals surface area contributed by atoms with Gasteiger partial charge in [-0.15, -0.1) is 0 Å². The fourth-order valence-corrected chi connectivity index (χ4v) is 0.987. The molecule has 0 radical (unpaired) electrons. The van der Waals surface area contributed by atoms with Crippen LogP contribution in [0.3, 0.4) is 0 Å². The lowest BCUT2D eigenvalue weighted by Crippen LogP contribution is -2.19. The molecule has 0 atom stereocenters. The van der Waals surface area contributed by atoms with Gasteiger partial charge in [0, 0.05) is 13.0 Å². The van der Waals surface area contributed by atoms with E-state index in [-0.39, 0.29) is 23.2 Å². The molecule has 0 aliphatic rings. The summed E-state index contributed by atoms with van der Waals surface area (Å²) in [5.74, 6) is -0.397. The monoisotopic (exact) mass is 249 g/mol. The van der Waals surface area contributed by atoms with Crippen LogP contribution >= 0.6 is 0 Å². The highest BCUT2D eigenvalue weighted by Crippen LogP contribution is 2.25. The number of nitrogens with zero attached hydrogens (tertiary/aromatic N) is 1. The van der Waals surface area contributed by atoms with Crippen LogP contribution in [0, 0.1) is 0 Å². The van der Waals surface area contributed by atoms with Crippen LogP contribution in [0.25, 0.3) is 0 Å². The van der Waals surface area contributed by atoms with Crippen LogP contribution < -0.4 is 15.8 Å². The van der Waals surface area contributed by atoms with Gasteiger partial charge in [-0.05, 0) is 0 Å². The summed E-state index contributed by atoms with van der Waals surface area (Å²) in [6.07, 6.45) is -3.42. The lowest BCUT2D eigenvalue weighted by atomic mass is 10.3. The van der Waals surface area contributed by atoms with Crippen LogP contribution in [0.15, 0.2) is 12.3 Å². The summed E-state index contributed by atoms with van der Waals surface area (Å²) in [6, 6.07) is 1.22. The molecule has 0 saturated carbocycles. The smallest absolute Gasteiger partial charge is 0.422 e. The van der Waals surface area contributed by atoms with Crippen molar-refractivity contribution in [2.75, 3.05) is 17.7 Å². The SMILES string of the molecule is CC(=O)Nc1cc(N)c(OCC(F)(F)F)cn1. The van der Waals surface area contributed by atoms with E-state index in [4.69, 9.17) is 5.73 Å². The number of nitrogens with one attached hydrogen (secondary N) is 1. The van der Waals surface area contributed by atoms with Gasteiger partial charge in [-0.1, -0.05) is 0 Å². The number of hydrogen-bond acceptors (Lipinski definition) is 4. The van der Waals surface area contributed by atoms with E-state index in [2.05, 4.69) is 15.0 Å². The number of hydrogen-bond donors (Lipinski definition) is 2. The molecule has 3 N–H and O–H groups in total. The number of pyridine rings is 1. The lowest BCUT2D eigenvalue weighted by Gasteiger charge is -2.11. The largest absolute Gasteiger partial charge is 0.480 e. The van der Waals surface area contributed by atoms with Crippen LogP contribution in [-0.2, 0) is 4.79 Å². The Labute approximate surface area is 94.8 Å². The number of amides is 1. The highest BCUT2D eigenvalue weighted by atomic mass is 19.4. The molecule has 1 aromatic rings. The number of ether oxygens (including phenoxy) is 1. The summed E-state index contributed by atoms with van der Waals surface area (Å²) in [5.41, 5.74) is 5.41. The van der Waals surface area contributed by atoms with Gasteiger partial charge in [0.15, 0.2) is 12.4 Å². The molecule has 0 aromatic carbocycles. The maximum absolute atomic E-state index is 11.9. The Morgan fingerprint density at radius 3 is 2.71 bits per heavy atom. The molecular formula is C9H10F3N3O2. The second-order valence-corrected chi connectivity index (χ2v) is 3.19. The fourth-order valence-electron chi connectivity index (χ4n) is 0.987. The summed E-state index contributed by atoms with van der Waals surface area (Å²) in [7, 11) is 0. The van der Waals surface area contributed by atoms with Gasteiger partial charge in [-0.3, -0.25) is 4.79 Å². The first-order valence-corrected chi connectivity index (χ1v) is 4.50. The zero-order valence-corrected chi connectivity index (χ0v) is 8.84. The predicted octanol–water partition coefficient (Wildman–Crippen LogP) is 1.56.